The highest BCUT2D eigenvalue weighted by atomic mass is 19.1. The lowest BCUT2D eigenvalue weighted by Crippen LogP contribution is -2.14. The molecule has 0 amide bonds. The fraction of sp³-hybridized carbons (Fsp3) is 0.333. The molecule has 0 aliphatic rings. The Morgan fingerprint density at radius 1 is 1.46 bits per heavy atom. The molecule has 1 unspecified atom stereocenters. The largest absolute Gasteiger partial charge is 0.398 e. The molecule has 0 saturated carbocycles. The Labute approximate surface area is 76.2 Å². The third-order valence-corrected chi connectivity index (χ3v) is 1.89. The lowest BCUT2D eigenvalue weighted by Gasteiger charge is -2.12. The highest BCUT2D eigenvalue weighted by Crippen LogP contribution is 2.21. The van der Waals surface area contributed by atoms with Gasteiger partial charge < -0.3 is 16.6 Å². The zero-order valence-electron chi connectivity index (χ0n) is 7.20. The summed E-state index contributed by atoms with van der Waals surface area (Å²) in [6, 6.07) is 3.76. The number of halogens is 1. The van der Waals surface area contributed by atoms with E-state index in [-0.39, 0.29) is 18.5 Å². The average Bonchev–Trinajstić information content (AvgIpc) is 2.04. The highest BCUT2D eigenvalue weighted by molar-refractivity contribution is 5.48. The minimum atomic E-state index is -0.377. The quantitative estimate of drug-likeness (QED) is 0.608. The summed E-state index contributed by atoms with van der Waals surface area (Å²) in [5, 5.41) is 8.65. The van der Waals surface area contributed by atoms with Crippen LogP contribution in [0.2, 0.25) is 0 Å². The number of hydrogen-bond donors (Lipinski definition) is 3. The van der Waals surface area contributed by atoms with Crippen molar-refractivity contribution in [3.05, 3.63) is 29.6 Å². The summed E-state index contributed by atoms with van der Waals surface area (Å²) in [7, 11) is 0. The number of anilines is 1. The van der Waals surface area contributed by atoms with Crippen molar-refractivity contribution in [3.8, 4) is 0 Å². The minimum absolute atomic E-state index is 0.00200. The molecule has 72 valence electrons. The van der Waals surface area contributed by atoms with Crippen molar-refractivity contribution < 1.29 is 9.50 Å². The Bertz CT molecular complexity index is 291. The molecule has 0 saturated heterocycles. The summed E-state index contributed by atoms with van der Waals surface area (Å²) in [6.45, 7) is -0.00200. The fourth-order valence-corrected chi connectivity index (χ4v) is 1.18. The molecule has 3 nitrogen and oxygen atoms in total. The SMILES string of the molecule is Nc1cc(F)ccc1C(N)CCO. The van der Waals surface area contributed by atoms with Crippen LogP contribution in [0.5, 0.6) is 0 Å². The van der Waals surface area contributed by atoms with Crippen molar-refractivity contribution in [2.75, 3.05) is 12.3 Å². The standard InChI is InChI=1S/C9H13FN2O/c10-6-1-2-7(9(12)5-6)8(11)3-4-13/h1-2,5,8,13H,3-4,11-12H2. The molecule has 0 fully saturated rings. The maximum Gasteiger partial charge on any atom is 0.125 e. The first-order chi connectivity index (χ1) is 6.15. The number of aliphatic hydroxyl groups excluding tert-OH is 1. The van der Waals surface area contributed by atoms with E-state index in [1.54, 1.807) is 6.07 Å². The molecule has 5 N–H and O–H groups in total. The van der Waals surface area contributed by atoms with E-state index in [1.165, 1.54) is 12.1 Å². The van der Waals surface area contributed by atoms with E-state index in [1.807, 2.05) is 0 Å². The van der Waals surface area contributed by atoms with Crippen LogP contribution in [-0.2, 0) is 0 Å². The molecule has 13 heavy (non-hydrogen) atoms. The zero-order valence-corrected chi connectivity index (χ0v) is 7.20. The Morgan fingerprint density at radius 3 is 2.69 bits per heavy atom. The monoisotopic (exact) mass is 184 g/mol. The second-order valence-electron chi connectivity index (χ2n) is 2.89. The van der Waals surface area contributed by atoms with Gasteiger partial charge in [-0.1, -0.05) is 6.07 Å². The normalized spacial score (nSPS) is 12.8. The third kappa shape index (κ3) is 2.40. The lowest BCUT2D eigenvalue weighted by molar-refractivity contribution is 0.276. The van der Waals surface area contributed by atoms with Crippen molar-refractivity contribution in [2.24, 2.45) is 5.73 Å². The van der Waals surface area contributed by atoms with E-state index in [0.717, 1.165) is 0 Å². The molecule has 0 aromatic heterocycles. The number of nitrogen functional groups attached to an aromatic ring is 1. The molecule has 0 heterocycles. The van der Waals surface area contributed by atoms with Crippen LogP contribution in [0.15, 0.2) is 18.2 Å². The highest BCUT2D eigenvalue weighted by Gasteiger charge is 2.08. The molecule has 1 aromatic carbocycles. The van der Waals surface area contributed by atoms with Crippen molar-refractivity contribution >= 4 is 5.69 Å². The second-order valence-corrected chi connectivity index (χ2v) is 2.89. The van der Waals surface area contributed by atoms with Gasteiger partial charge in [0, 0.05) is 18.3 Å². The summed E-state index contributed by atoms with van der Waals surface area (Å²) >= 11 is 0. The molecule has 1 atom stereocenters. The minimum Gasteiger partial charge on any atom is -0.398 e. The van der Waals surface area contributed by atoms with Crippen LogP contribution in [0.4, 0.5) is 10.1 Å². The summed E-state index contributed by atoms with van der Waals surface area (Å²) < 4.78 is 12.6. The Hall–Kier alpha value is -1.13. The first-order valence-corrected chi connectivity index (χ1v) is 4.06. The van der Waals surface area contributed by atoms with Gasteiger partial charge in [-0.05, 0) is 24.1 Å². The summed E-state index contributed by atoms with van der Waals surface area (Å²) in [6.07, 6.45) is 0.426. The Balaban J connectivity index is 2.88. The zero-order chi connectivity index (χ0) is 9.84. The van der Waals surface area contributed by atoms with Crippen molar-refractivity contribution in [2.45, 2.75) is 12.5 Å². The van der Waals surface area contributed by atoms with Gasteiger partial charge >= 0.3 is 0 Å². The van der Waals surface area contributed by atoms with E-state index in [2.05, 4.69) is 0 Å². The van der Waals surface area contributed by atoms with Crippen molar-refractivity contribution in [1.29, 1.82) is 0 Å². The van der Waals surface area contributed by atoms with E-state index in [9.17, 15) is 4.39 Å². The van der Waals surface area contributed by atoms with Gasteiger partial charge in [-0.15, -0.1) is 0 Å². The van der Waals surface area contributed by atoms with Gasteiger partial charge in [0.2, 0.25) is 0 Å². The number of hydrogen-bond acceptors (Lipinski definition) is 3. The van der Waals surface area contributed by atoms with Crippen LogP contribution < -0.4 is 11.5 Å². The number of aliphatic hydroxyl groups is 1. The molecule has 1 aromatic rings. The maximum absolute atomic E-state index is 12.6. The Kier molecular flexibility index (Phi) is 3.22. The first-order valence-electron chi connectivity index (χ1n) is 4.06. The lowest BCUT2D eigenvalue weighted by atomic mass is 10.0. The van der Waals surface area contributed by atoms with Gasteiger partial charge in [0.05, 0.1) is 0 Å². The van der Waals surface area contributed by atoms with Gasteiger partial charge in [-0.25, -0.2) is 4.39 Å². The maximum atomic E-state index is 12.6. The van der Waals surface area contributed by atoms with Crippen molar-refractivity contribution in [1.82, 2.24) is 0 Å². The van der Waals surface area contributed by atoms with Crippen LogP contribution in [0, 0.1) is 5.82 Å². The second kappa shape index (κ2) is 4.20. The molecule has 0 aliphatic heterocycles. The third-order valence-electron chi connectivity index (χ3n) is 1.89. The molecule has 0 spiro atoms. The van der Waals surface area contributed by atoms with E-state index in [4.69, 9.17) is 16.6 Å². The number of benzene rings is 1. The van der Waals surface area contributed by atoms with Crippen LogP contribution in [0.3, 0.4) is 0 Å². The van der Waals surface area contributed by atoms with Gasteiger partial charge in [-0.3, -0.25) is 0 Å². The van der Waals surface area contributed by atoms with Gasteiger partial charge in [0.15, 0.2) is 0 Å². The predicted octanol–water partition coefficient (Wildman–Crippen LogP) is 0.790. The van der Waals surface area contributed by atoms with Gasteiger partial charge in [0.1, 0.15) is 5.82 Å². The van der Waals surface area contributed by atoms with Crippen LogP contribution in [-0.4, -0.2) is 11.7 Å². The molecular formula is C9H13FN2O. The molecular weight excluding hydrogens is 171 g/mol. The Morgan fingerprint density at radius 2 is 2.15 bits per heavy atom. The fourth-order valence-electron chi connectivity index (χ4n) is 1.18. The molecule has 0 aliphatic carbocycles. The van der Waals surface area contributed by atoms with Crippen LogP contribution >= 0.6 is 0 Å². The summed E-state index contributed by atoms with van der Waals surface area (Å²) in [5.74, 6) is -0.377. The molecule has 0 bridgehead atoms. The van der Waals surface area contributed by atoms with Gasteiger partial charge in [-0.2, -0.15) is 0 Å². The average molecular weight is 184 g/mol. The topological polar surface area (TPSA) is 72.3 Å². The predicted molar refractivity (Wildman–Crippen MR) is 49.4 cm³/mol. The van der Waals surface area contributed by atoms with Crippen LogP contribution in [0.1, 0.15) is 18.0 Å². The van der Waals surface area contributed by atoms with Crippen LogP contribution in [0.25, 0.3) is 0 Å². The molecule has 1 rings (SSSR count). The molecule has 0 radical (unpaired) electrons. The number of nitrogens with two attached hydrogens (primary N) is 2. The first kappa shape index (κ1) is 9.95. The van der Waals surface area contributed by atoms with Crippen molar-refractivity contribution in [3.63, 3.8) is 0 Å². The molecule has 4 heteroatoms. The van der Waals surface area contributed by atoms with E-state index in [0.29, 0.717) is 17.7 Å². The summed E-state index contributed by atoms with van der Waals surface area (Å²) in [4.78, 5) is 0. The van der Waals surface area contributed by atoms with Gasteiger partial charge in [0.25, 0.3) is 0 Å². The number of rotatable bonds is 3. The van der Waals surface area contributed by atoms with E-state index >= 15 is 0 Å². The smallest absolute Gasteiger partial charge is 0.125 e. The van der Waals surface area contributed by atoms with E-state index < -0.39 is 0 Å². The summed E-state index contributed by atoms with van der Waals surface area (Å²) in [5.41, 5.74) is 12.3.